The van der Waals surface area contributed by atoms with Gasteiger partial charge in [0.1, 0.15) is 49.7 Å². The normalized spacial score (nSPS) is 28.2. The fourth-order valence-corrected chi connectivity index (χ4v) is 7.08. The quantitative estimate of drug-likeness (QED) is 0.109. The van der Waals surface area contributed by atoms with Crippen LogP contribution in [0, 0.1) is 12.5 Å². The number of imidazole rings is 2. The molecule has 0 aliphatic carbocycles. The zero-order chi connectivity index (χ0) is 34.9. The first-order valence-electron chi connectivity index (χ1n) is 14.4. The van der Waals surface area contributed by atoms with Crippen LogP contribution in [-0.2, 0) is 57.1 Å². The highest BCUT2D eigenvalue weighted by Gasteiger charge is 2.51. The third kappa shape index (κ3) is 7.71. The fourth-order valence-electron chi connectivity index (χ4n) is 4.81. The minimum absolute atomic E-state index is 0.0599. The van der Waals surface area contributed by atoms with Crippen LogP contribution in [0.25, 0.3) is 27.2 Å². The molecular weight excluding hydrogens is 708 g/mol. The van der Waals surface area contributed by atoms with Gasteiger partial charge in [-0.25, -0.2) is 44.5 Å². The number of carbonyl (C=O) groups is 1. The van der Waals surface area contributed by atoms with Gasteiger partial charge in [-0.15, -0.1) is 0 Å². The lowest BCUT2D eigenvalue weighted by atomic mass is 10.1. The average Bonchev–Trinajstić information content (AvgIpc) is 3.72. The van der Waals surface area contributed by atoms with Crippen LogP contribution in [0.5, 0.6) is 0 Å². The monoisotopic (exact) mass is 740 g/mol. The molecule has 2 aliphatic rings. The summed E-state index contributed by atoms with van der Waals surface area (Å²) in [5, 5.41) is 2.53. The summed E-state index contributed by atoms with van der Waals surface area (Å²) >= 11 is 5.33. The molecule has 49 heavy (non-hydrogen) atoms. The van der Waals surface area contributed by atoms with E-state index in [4.69, 9.17) is 45.7 Å². The number of hydrogen-bond acceptors (Lipinski definition) is 14. The van der Waals surface area contributed by atoms with Crippen LogP contribution in [0.1, 0.15) is 25.9 Å². The molecule has 19 nitrogen and oxygen atoms in total. The van der Waals surface area contributed by atoms with E-state index in [1.807, 2.05) is 0 Å². The van der Waals surface area contributed by atoms with Crippen molar-refractivity contribution in [1.82, 2.24) is 39.0 Å². The van der Waals surface area contributed by atoms with E-state index < -0.39 is 64.1 Å². The number of nitrogens with zero attached hydrogens (tertiary/aromatic N) is 8. The third-order valence-corrected chi connectivity index (χ3v) is 9.78. The second kappa shape index (κ2) is 14.5. The number of halogens is 1. The molecule has 2 aliphatic heterocycles. The number of aromatic amines is 1. The maximum atomic E-state index is 16.4. The number of carbonyl (C=O) groups excluding carboxylic acids is 1. The molecule has 0 aromatic carbocycles. The number of anilines is 1. The first-order chi connectivity index (χ1) is 23.4. The van der Waals surface area contributed by atoms with E-state index in [0.717, 1.165) is 0 Å². The Kier molecular flexibility index (Phi) is 10.5. The van der Waals surface area contributed by atoms with Gasteiger partial charge in [-0.2, -0.15) is 4.98 Å². The Labute approximate surface area is 283 Å². The Hall–Kier alpha value is -3.35. The molecule has 2 unspecified atom stereocenters. The maximum Gasteiger partial charge on any atom is 0.325 e. The molecule has 1 amide bonds. The van der Waals surface area contributed by atoms with Gasteiger partial charge in [0.25, 0.3) is 5.56 Å². The molecular formula is C25H32BFN10O9P2S. The summed E-state index contributed by atoms with van der Waals surface area (Å²) in [4.78, 5) is 63.5. The summed E-state index contributed by atoms with van der Waals surface area (Å²) in [6.45, 7) is 6.05. The van der Waals surface area contributed by atoms with Crippen molar-refractivity contribution in [1.29, 1.82) is 0 Å². The van der Waals surface area contributed by atoms with Crippen molar-refractivity contribution in [2.75, 3.05) is 31.7 Å². The van der Waals surface area contributed by atoms with E-state index in [1.165, 1.54) is 23.4 Å². The number of rotatable bonds is 6. The van der Waals surface area contributed by atoms with Gasteiger partial charge in [-0.1, -0.05) is 13.8 Å². The van der Waals surface area contributed by atoms with Crippen molar-refractivity contribution in [2.45, 2.75) is 51.6 Å². The van der Waals surface area contributed by atoms with Crippen molar-refractivity contribution >= 4 is 68.1 Å². The molecule has 0 saturated carbocycles. The van der Waals surface area contributed by atoms with E-state index in [9.17, 15) is 14.5 Å². The molecule has 1 saturated heterocycles. The highest BCUT2D eigenvalue weighted by molar-refractivity contribution is 8.07. The molecule has 2 bridgehead atoms. The summed E-state index contributed by atoms with van der Waals surface area (Å²) < 4.78 is 55.3. The number of alkyl halides is 1. The van der Waals surface area contributed by atoms with Crippen molar-refractivity contribution in [3.63, 3.8) is 0 Å². The fraction of sp³-hybridized carbons (Fsp3) is 0.520. The van der Waals surface area contributed by atoms with Crippen LogP contribution in [0.3, 0.4) is 0 Å². The molecule has 262 valence electrons. The predicted octanol–water partition coefficient (Wildman–Crippen LogP) is 0.934. The van der Waals surface area contributed by atoms with Gasteiger partial charge in [-0.05, 0) is 11.8 Å². The molecule has 24 heteroatoms. The predicted molar refractivity (Wildman–Crippen MR) is 178 cm³/mol. The number of nitrogens with one attached hydrogen (secondary N) is 2. The second-order valence-corrected chi connectivity index (χ2v) is 14.7. The largest absolute Gasteiger partial charge is 0.346 e. The third-order valence-electron chi connectivity index (χ3n) is 7.09. The van der Waals surface area contributed by atoms with Crippen LogP contribution in [-0.4, -0.2) is 102 Å². The molecule has 6 rings (SSSR count). The van der Waals surface area contributed by atoms with E-state index in [-0.39, 0.29) is 56.6 Å². The molecule has 6 atom stereocenters. The average molecular weight is 740 g/mol. The lowest BCUT2D eigenvalue weighted by Crippen LogP contribution is -2.32. The number of H-pyrrole nitrogens is 1. The number of amides is 1. The van der Waals surface area contributed by atoms with Crippen LogP contribution in [0.2, 0.25) is 0 Å². The molecule has 1 fully saturated rings. The Balaban J connectivity index is 1.37. The smallest absolute Gasteiger partial charge is 0.325 e. The lowest BCUT2D eigenvalue weighted by Gasteiger charge is -2.26. The van der Waals surface area contributed by atoms with Gasteiger partial charge in [0.15, 0.2) is 35.8 Å². The summed E-state index contributed by atoms with van der Waals surface area (Å²) in [5.41, 5.74) is 0.0710. The van der Waals surface area contributed by atoms with Gasteiger partial charge in [0.05, 0.1) is 19.1 Å². The van der Waals surface area contributed by atoms with Crippen molar-refractivity contribution in [3.05, 3.63) is 46.4 Å². The number of ether oxygens (including phenoxy) is 1. The van der Waals surface area contributed by atoms with E-state index in [0.29, 0.717) is 17.0 Å². The van der Waals surface area contributed by atoms with Crippen LogP contribution in [0.4, 0.5) is 10.3 Å². The number of hydrogen-bond donors (Lipinski definition) is 3. The van der Waals surface area contributed by atoms with E-state index in [1.54, 1.807) is 18.4 Å². The summed E-state index contributed by atoms with van der Waals surface area (Å²) in [7, 11) is -3.76. The molecule has 0 radical (unpaired) electrons. The highest BCUT2D eigenvalue weighted by atomic mass is 32.5. The standard InChI is InChI=1S/C25H32BFN10O9P2S/c1-13(2)22(38)34-25-33-21-18(23(39)35-25)31-12-37(21)24-19-17(27)15(45-24)9-43-47(26,41-6-4-28-3)42-7-5-36-16(10-44-48(40,49)46-19)32-14-8-29-11-30-20(14)36/h8,11-13,15,17,19,24H,4-7,9-10H2,1-2,26H3,(H,40,49)(H2,33,34,35,38,39)/t15-,17-,19-,24-,47?,48?/m1/s1. The molecule has 0 spiro atoms. The van der Waals surface area contributed by atoms with Gasteiger partial charge in [-0.3, -0.25) is 29.0 Å². The zero-order valence-electron chi connectivity index (χ0n) is 25.3. The first kappa shape index (κ1) is 35.5. The highest BCUT2D eigenvalue weighted by Crippen LogP contribution is 2.58. The Morgan fingerprint density at radius 1 is 1.37 bits per heavy atom. The van der Waals surface area contributed by atoms with Crippen molar-refractivity contribution in [3.8, 4) is 0 Å². The van der Waals surface area contributed by atoms with Crippen LogP contribution in [0.15, 0.2) is 23.6 Å². The second-order valence-electron chi connectivity index (χ2n) is 10.7. The first-order valence-corrected chi connectivity index (χ1v) is 18.1. The maximum absolute atomic E-state index is 16.4. The van der Waals surface area contributed by atoms with E-state index in [2.05, 4.69) is 40.1 Å². The molecule has 3 N–H and O–H groups in total. The van der Waals surface area contributed by atoms with Gasteiger partial charge in [0.2, 0.25) is 33.8 Å². The zero-order valence-corrected chi connectivity index (χ0v) is 27.9. The molecule has 4 aromatic rings. The van der Waals surface area contributed by atoms with E-state index >= 15 is 4.39 Å². The molecule has 4 aromatic heterocycles. The number of fused-ring (bicyclic) bond motifs is 6. The number of aromatic nitrogens is 8. The minimum Gasteiger partial charge on any atom is -0.346 e. The SMILES string of the molecule is [BH3-][P+]1(OCC[N+]#[C-])OCCn2c(nc3cncnc32)COP(O)(=S)O[C@@H]2[C@H](F)[C@@H](CO1)O[C@H]2n1cnc2c(=O)[nH]c(NC(=O)C(C)C)nc21. The van der Waals surface area contributed by atoms with Gasteiger partial charge >= 0.3 is 6.72 Å². The van der Waals surface area contributed by atoms with Crippen LogP contribution >= 0.6 is 14.5 Å². The minimum atomic E-state index is -4.21. The summed E-state index contributed by atoms with van der Waals surface area (Å²) in [6, 6.07) is 0. The van der Waals surface area contributed by atoms with Crippen molar-refractivity contribution < 1.29 is 41.4 Å². The summed E-state index contributed by atoms with van der Waals surface area (Å²) in [5.74, 6) is -0.664. The Morgan fingerprint density at radius 2 is 2.18 bits per heavy atom. The Morgan fingerprint density at radius 3 is 2.96 bits per heavy atom. The lowest BCUT2D eigenvalue weighted by molar-refractivity contribution is -0.118. The van der Waals surface area contributed by atoms with Crippen LogP contribution < -0.4 is 10.9 Å². The topological polar surface area (TPSA) is 216 Å². The van der Waals surface area contributed by atoms with Gasteiger partial charge < -0.3 is 23.6 Å². The Bertz CT molecular complexity index is 2010. The molecule has 6 heterocycles. The van der Waals surface area contributed by atoms with Gasteiger partial charge in [0, 0.05) is 5.92 Å². The summed E-state index contributed by atoms with van der Waals surface area (Å²) in [6.07, 6.45) is -2.16. The van der Waals surface area contributed by atoms with Crippen molar-refractivity contribution in [2.24, 2.45) is 5.92 Å².